The van der Waals surface area contributed by atoms with E-state index in [1.807, 2.05) is 12.1 Å². The molecular formula is C20H26N2O. The van der Waals surface area contributed by atoms with E-state index in [9.17, 15) is 4.79 Å². The summed E-state index contributed by atoms with van der Waals surface area (Å²) in [4.78, 5) is 13.1. The molecule has 0 saturated heterocycles. The average molecular weight is 310 g/mol. The minimum atomic E-state index is -0.101. The highest BCUT2D eigenvalue weighted by molar-refractivity contribution is 5.88. The van der Waals surface area contributed by atoms with Crippen LogP contribution >= 0.6 is 0 Å². The Bertz CT molecular complexity index is 615. The number of carbonyl (C=O) groups excluding carboxylic acids is 1. The van der Waals surface area contributed by atoms with Gasteiger partial charge in [0.05, 0.1) is 0 Å². The normalized spacial score (nSPS) is 10.4. The third-order valence-corrected chi connectivity index (χ3v) is 3.91. The molecular weight excluding hydrogens is 284 g/mol. The van der Waals surface area contributed by atoms with Crippen molar-refractivity contribution in [3.05, 3.63) is 65.2 Å². The van der Waals surface area contributed by atoms with Gasteiger partial charge in [-0.2, -0.15) is 0 Å². The van der Waals surface area contributed by atoms with Gasteiger partial charge in [-0.25, -0.2) is 4.79 Å². The van der Waals surface area contributed by atoms with Crippen molar-refractivity contribution in [2.45, 2.75) is 32.6 Å². The van der Waals surface area contributed by atoms with Crippen molar-refractivity contribution in [3.8, 4) is 0 Å². The van der Waals surface area contributed by atoms with Crippen LogP contribution < -0.4 is 5.32 Å². The predicted octanol–water partition coefficient (Wildman–Crippen LogP) is 4.65. The molecule has 0 unspecified atom stereocenters. The molecule has 0 aliphatic heterocycles. The van der Waals surface area contributed by atoms with E-state index in [2.05, 4.69) is 48.6 Å². The van der Waals surface area contributed by atoms with Crippen molar-refractivity contribution in [2.24, 2.45) is 0 Å². The van der Waals surface area contributed by atoms with Crippen LogP contribution in [-0.2, 0) is 12.8 Å². The number of benzene rings is 2. The summed E-state index contributed by atoms with van der Waals surface area (Å²) in [6.07, 6.45) is 4.59. The minimum absolute atomic E-state index is 0.101. The molecule has 2 amide bonds. The quantitative estimate of drug-likeness (QED) is 0.774. The number of urea groups is 1. The maximum atomic E-state index is 11.6. The summed E-state index contributed by atoms with van der Waals surface area (Å²) in [6.45, 7) is 2.12. The van der Waals surface area contributed by atoms with E-state index in [-0.39, 0.29) is 6.03 Å². The molecule has 2 aromatic rings. The van der Waals surface area contributed by atoms with Crippen molar-refractivity contribution >= 4 is 11.7 Å². The summed E-state index contributed by atoms with van der Waals surface area (Å²) in [5.41, 5.74) is 4.89. The van der Waals surface area contributed by atoms with Gasteiger partial charge in [-0.15, -0.1) is 0 Å². The van der Waals surface area contributed by atoms with E-state index in [1.54, 1.807) is 14.1 Å². The number of anilines is 1. The molecule has 23 heavy (non-hydrogen) atoms. The fourth-order valence-electron chi connectivity index (χ4n) is 2.40. The molecule has 0 aliphatic carbocycles. The Morgan fingerprint density at radius 2 is 1.35 bits per heavy atom. The van der Waals surface area contributed by atoms with Crippen LogP contribution in [0.3, 0.4) is 0 Å². The van der Waals surface area contributed by atoms with Gasteiger partial charge in [0.15, 0.2) is 0 Å². The summed E-state index contributed by atoms with van der Waals surface area (Å²) in [5, 5.41) is 2.85. The molecule has 0 heterocycles. The number of nitrogens with zero attached hydrogens (tertiary/aromatic N) is 1. The molecule has 2 rings (SSSR count). The lowest BCUT2D eigenvalue weighted by Crippen LogP contribution is -2.27. The fraction of sp³-hybridized carbons (Fsp3) is 0.350. The zero-order chi connectivity index (χ0) is 16.7. The van der Waals surface area contributed by atoms with Crippen molar-refractivity contribution < 1.29 is 4.79 Å². The van der Waals surface area contributed by atoms with Gasteiger partial charge in [0.25, 0.3) is 0 Å². The number of amides is 2. The zero-order valence-electron chi connectivity index (χ0n) is 14.3. The van der Waals surface area contributed by atoms with Crippen LogP contribution in [0.1, 0.15) is 29.5 Å². The summed E-state index contributed by atoms with van der Waals surface area (Å²) in [7, 11) is 3.47. The Labute approximate surface area is 139 Å². The molecule has 2 aromatic carbocycles. The lowest BCUT2D eigenvalue weighted by Gasteiger charge is -2.12. The van der Waals surface area contributed by atoms with Crippen molar-refractivity contribution in [2.75, 3.05) is 19.4 Å². The summed E-state index contributed by atoms with van der Waals surface area (Å²) < 4.78 is 0. The lowest BCUT2D eigenvalue weighted by molar-refractivity contribution is 0.230. The lowest BCUT2D eigenvalue weighted by atomic mass is 10.0. The molecule has 0 bridgehead atoms. The number of hydrogen-bond donors (Lipinski definition) is 1. The zero-order valence-corrected chi connectivity index (χ0v) is 14.3. The standard InChI is InChI=1S/C20H26N2O/c1-16-8-10-17(11-9-16)6-4-5-7-18-12-14-19(15-13-18)21-20(23)22(2)3/h8-15H,4-7H2,1-3H3,(H,21,23). The molecule has 0 aliphatic rings. The van der Waals surface area contributed by atoms with Crippen molar-refractivity contribution in [1.29, 1.82) is 0 Å². The average Bonchev–Trinajstić information content (AvgIpc) is 2.54. The maximum absolute atomic E-state index is 11.6. The van der Waals surface area contributed by atoms with Gasteiger partial charge in [-0.1, -0.05) is 42.0 Å². The molecule has 0 saturated carbocycles. The predicted molar refractivity (Wildman–Crippen MR) is 97.0 cm³/mol. The van der Waals surface area contributed by atoms with E-state index < -0.39 is 0 Å². The molecule has 0 atom stereocenters. The molecule has 1 N–H and O–H groups in total. The highest BCUT2D eigenvalue weighted by Gasteiger charge is 2.03. The van der Waals surface area contributed by atoms with Gasteiger partial charge >= 0.3 is 6.03 Å². The Morgan fingerprint density at radius 3 is 1.83 bits per heavy atom. The second-order valence-electron chi connectivity index (χ2n) is 6.21. The largest absolute Gasteiger partial charge is 0.331 e. The molecule has 0 fully saturated rings. The first-order valence-electron chi connectivity index (χ1n) is 8.17. The second kappa shape index (κ2) is 8.37. The molecule has 0 radical (unpaired) electrons. The second-order valence-corrected chi connectivity index (χ2v) is 6.21. The van der Waals surface area contributed by atoms with E-state index in [1.165, 1.54) is 34.4 Å². The van der Waals surface area contributed by atoms with Crippen molar-refractivity contribution in [1.82, 2.24) is 4.90 Å². The topological polar surface area (TPSA) is 32.3 Å². The van der Waals surface area contributed by atoms with Gasteiger partial charge < -0.3 is 10.2 Å². The first kappa shape index (κ1) is 17.1. The van der Waals surface area contributed by atoms with Crippen molar-refractivity contribution in [3.63, 3.8) is 0 Å². The van der Waals surface area contributed by atoms with Crippen LogP contribution in [0.5, 0.6) is 0 Å². The number of carbonyl (C=O) groups is 1. The van der Waals surface area contributed by atoms with Gasteiger partial charge in [-0.3, -0.25) is 0 Å². The van der Waals surface area contributed by atoms with E-state index in [0.29, 0.717) is 0 Å². The Balaban J connectivity index is 1.73. The Kier molecular flexibility index (Phi) is 6.21. The molecule has 3 nitrogen and oxygen atoms in total. The third-order valence-electron chi connectivity index (χ3n) is 3.91. The Morgan fingerprint density at radius 1 is 0.870 bits per heavy atom. The molecule has 0 aromatic heterocycles. The summed E-state index contributed by atoms with van der Waals surface area (Å²) in [6, 6.07) is 16.8. The number of hydrogen-bond acceptors (Lipinski definition) is 1. The van der Waals surface area contributed by atoms with Crippen LogP contribution in [0.15, 0.2) is 48.5 Å². The first-order chi connectivity index (χ1) is 11.0. The van der Waals surface area contributed by atoms with E-state index in [0.717, 1.165) is 18.5 Å². The van der Waals surface area contributed by atoms with Crippen LogP contribution in [-0.4, -0.2) is 25.0 Å². The van der Waals surface area contributed by atoms with Crippen LogP contribution in [0.2, 0.25) is 0 Å². The van der Waals surface area contributed by atoms with Crippen LogP contribution in [0, 0.1) is 6.92 Å². The number of unbranched alkanes of at least 4 members (excludes halogenated alkanes) is 1. The van der Waals surface area contributed by atoms with Gasteiger partial charge in [0.1, 0.15) is 0 Å². The van der Waals surface area contributed by atoms with Gasteiger partial charge in [-0.05, 0) is 55.9 Å². The highest BCUT2D eigenvalue weighted by atomic mass is 16.2. The minimum Gasteiger partial charge on any atom is -0.331 e. The van der Waals surface area contributed by atoms with Gasteiger partial charge in [0, 0.05) is 19.8 Å². The number of aryl methyl sites for hydroxylation is 3. The van der Waals surface area contributed by atoms with E-state index in [4.69, 9.17) is 0 Å². The smallest absolute Gasteiger partial charge is 0.321 e. The fourth-order valence-corrected chi connectivity index (χ4v) is 2.40. The highest BCUT2D eigenvalue weighted by Crippen LogP contribution is 2.14. The molecule has 0 spiro atoms. The first-order valence-corrected chi connectivity index (χ1v) is 8.17. The maximum Gasteiger partial charge on any atom is 0.321 e. The number of rotatable bonds is 6. The third kappa shape index (κ3) is 5.78. The van der Waals surface area contributed by atoms with Gasteiger partial charge in [0.2, 0.25) is 0 Å². The number of nitrogens with one attached hydrogen (secondary N) is 1. The molecule has 3 heteroatoms. The molecule has 122 valence electrons. The monoisotopic (exact) mass is 310 g/mol. The van der Waals surface area contributed by atoms with Crippen LogP contribution in [0.25, 0.3) is 0 Å². The summed E-state index contributed by atoms with van der Waals surface area (Å²) in [5.74, 6) is 0. The summed E-state index contributed by atoms with van der Waals surface area (Å²) >= 11 is 0. The van der Waals surface area contributed by atoms with Crippen LogP contribution in [0.4, 0.5) is 10.5 Å². The SMILES string of the molecule is Cc1ccc(CCCCc2ccc(NC(=O)N(C)C)cc2)cc1. The van der Waals surface area contributed by atoms with E-state index >= 15 is 0 Å². The Hall–Kier alpha value is -2.29.